The summed E-state index contributed by atoms with van der Waals surface area (Å²) < 4.78 is 0. The van der Waals surface area contributed by atoms with E-state index < -0.39 is 0 Å². The summed E-state index contributed by atoms with van der Waals surface area (Å²) in [5.41, 5.74) is 1.29. The van der Waals surface area contributed by atoms with Crippen molar-refractivity contribution in [2.45, 2.75) is 30.6 Å². The molecule has 0 saturated heterocycles. The average molecular weight is 217 g/mol. The number of thioether (sulfide) groups is 1. The molecule has 1 aliphatic rings. The molecule has 1 nitrogen and oxygen atoms in total. The van der Waals surface area contributed by atoms with Gasteiger partial charge >= 0.3 is 0 Å². The minimum atomic E-state index is -0.0498. The minimum absolute atomic E-state index is 0.0498. The summed E-state index contributed by atoms with van der Waals surface area (Å²) in [4.78, 5) is 1.32. The fourth-order valence-electron chi connectivity index (χ4n) is 2.15. The van der Waals surface area contributed by atoms with E-state index in [2.05, 4.69) is 36.6 Å². The average Bonchev–Trinajstić information content (AvgIpc) is 2.24. The molecule has 78 valence electrons. The number of nitriles is 1. The lowest BCUT2D eigenvalue weighted by molar-refractivity contribution is 0.213. The summed E-state index contributed by atoms with van der Waals surface area (Å²) in [5.74, 6) is 0. The first-order valence-corrected chi connectivity index (χ1v) is 6.55. The summed E-state index contributed by atoms with van der Waals surface area (Å²) in [7, 11) is 0. The zero-order valence-corrected chi connectivity index (χ0v) is 9.81. The number of nitrogens with zero attached hydrogens (tertiary/aromatic N) is 1. The van der Waals surface area contributed by atoms with Crippen LogP contribution in [-0.2, 0) is 6.42 Å². The molecular weight excluding hydrogens is 202 g/mol. The van der Waals surface area contributed by atoms with Gasteiger partial charge < -0.3 is 0 Å². The lowest BCUT2D eigenvalue weighted by Crippen LogP contribution is -2.30. The molecular formula is C13H15NS. The van der Waals surface area contributed by atoms with Gasteiger partial charge in [-0.05, 0) is 37.1 Å². The van der Waals surface area contributed by atoms with Crippen LogP contribution in [0.1, 0.15) is 24.8 Å². The maximum absolute atomic E-state index is 9.20. The lowest BCUT2D eigenvalue weighted by Gasteiger charge is -2.35. The molecule has 1 fully saturated rings. The van der Waals surface area contributed by atoms with E-state index in [1.165, 1.54) is 16.9 Å². The Morgan fingerprint density at radius 1 is 1.40 bits per heavy atom. The Hall–Kier alpha value is -0.940. The molecule has 0 heterocycles. The van der Waals surface area contributed by atoms with Gasteiger partial charge in [-0.3, -0.25) is 0 Å². The van der Waals surface area contributed by atoms with E-state index in [1.54, 1.807) is 11.8 Å². The Labute approximate surface area is 95.5 Å². The molecule has 0 amide bonds. The van der Waals surface area contributed by atoms with Crippen molar-refractivity contribution in [2.75, 3.05) is 6.26 Å². The second-order valence-electron chi connectivity index (χ2n) is 4.23. The standard InChI is InChI=1S/C13H15NS/c1-15-12-6-3-2-5-11(12)9-13(10-14)7-4-8-13/h2-3,5-6H,4,7-9H2,1H3. The highest BCUT2D eigenvalue weighted by molar-refractivity contribution is 7.98. The Morgan fingerprint density at radius 2 is 2.13 bits per heavy atom. The normalized spacial score (nSPS) is 17.9. The first-order chi connectivity index (χ1) is 7.29. The first-order valence-electron chi connectivity index (χ1n) is 5.33. The SMILES string of the molecule is CSc1ccccc1CC1(C#N)CCC1. The summed E-state index contributed by atoms with van der Waals surface area (Å²) >= 11 is 1.77. The number of hydrogen-bond acceptors (Lipinski definition) is 2. The molecule has 0 unspecified atom stereocenters. The molecule has 2 rings (SSSR count). The van der Waals surface area contributed by atoms with Crippen molar-refractivity contribution >= 4 is 11.8 Å². The van der Waals surface area contributed by atoms with Crippen molar-refractivity contribution in [3.63, 3.8) is 0 Å². The van der Waals surface area contributed by atoms with Crippen LogP contribution in [0.5, 0.6) is 0 Å². The van der Waals surface area contributed by atoms with Gasteiger partial charge in [-0.2, -0.15) is 5.26 Å². The van der Waals surface area contributed by atoms with Crippen LogP contribution >= 0.6 is 11.8 Å². The predicted molar refractivity (Wildman–Crippen MR) is 63.8 cm³/mol. The Kier molecular flexibility index (Phi) is 3.02. The maximum atomic E-state index is 9.20. The van der Waals surface area contributed by atoms with Gasteiger partial charge in [0.1, 0.15) is 0 Å². The molecule has 2 heteroatoms. The summed E-state index contributed by atoms with van der Waals surface area (Å²) in [5, 5.41) is 9.20. The van der Waals surface area contributed by atoms with E-state index in [0.717, 1.165) is 19.3 Å². The van der Waals surface area contributed by atoms with Crippen molar-refractivity contribution < 1.29 is 0 Å². The molecule has 1 aromatic rings. The van der Waals surface area contributed by atoms with Gasteiger partial charge in [0.15, 0.2) is 0 Å². The highest BCUT2D eigenvalue weighted by Gasteiger charge is 2.37. The van der Waals surface area contributed by atoms with Crippen LogP contribution < -0.4 is 0 Å². The van der Waals surface area contributed by atoms with Crippen LogP contribution in [0.3, 0.4) is 0 Å². The summed E-state index contributed by atoms with van der Waals surface area (Å²) in [6.07, 6.45) is 6.40. The molecule has 0 atom stereocenters. The summed E-state index contributed by atoms with van der Waals surface area (Å²) in [6.45, 7) is 0. The third-order valence-electron chi connectivity index (χ3n) is 3.27. The second-order valence-corrected chi connectivity index (χ2v) is 5.08. The highest BCUT2D eigenvalue weighted by atomic mass is 32.2. The van der Waals surface area contributed by atoms with E-state index in [-0.39, 0.29) is 5.41 Å². The van der Waals surface area contributed by atoms with Gasteiger partial charge in [0.05, 0.1) is 11.5 Å². The molecule has 1 saturated carbocycles. The first kappa shape index (κ1) is 10.6. The van der Waals surface area contributed by atoms with Crippen molar-refractivity contribution in [2.24, 2.45) is 5.41 Å². The fraction of sp³-hybridized carbons (Fsp3) is 0.462. The van der Waals surface area contributed by atoms with Crippen LogP contribution in [0.15, 0.2) is 29.2 Å². The third-order valence-corrected chi connectivity index (χ3v) is 4.11. The van der Waals surface area contributed by atoms with Crippen molar-refractivity contribution in [3.8, 4) is 6.07 Å². The zero-order valence-electron chi connectivity index (χ0n) is 8.99. The molecule has 0 aliphatic heterocycles. The van der Waals surface area contributed by atoms with Gasteiger partial charge in [0, 0.05) is 4.90 Å². The van der Waals surface area contributed by atoms with Crippen LogP contribution in [0.2, 0.25) is 0 Å². The topological polar surface area (TPSA) is 23.8 Å². The minimum Gasteiger partial charge on any atom is -0.198 e. The molecule has 1 aliphatic carbocycles. The molecule has 0 radical (unpaired) electrons. The van der Waals surface area contributed by atoms with Gasteiger partial charge in [-0.1, -0.05) is 24.6 Å². The van der Waals surface area contributed by atoms with E-state index in [0.29, 0.717) is 0 Å². The van der Waals surface area contributed by atoms with E-state index in [9.17, 15) is 5.26 Å². The molecule has 0 aromatic heterocycles. The van der Waals surface area contributed by atoms with Crippen molar-refractivity contribution in [3.05, 3.63) is 29.8 Å². The van der Waals surface area contributed by atoms with Crippen molar-refractivity contribution in [1.29, 1.82) is 5.26 Å². The lowest BCUT2D eigenvalue weighted by atomic mass is 9.66. The van der Waals surface area contributed by atoms with Gasteiger partial charge in [0.2, 0.25) is 0 Å². The van der Waals surface area contributed by atoms with Gasteiger partial charge in [0.25, 0.3) is 0 Å². The van der Waals surface area contributed by atoms with Crippen LogP contribution in [0.25, 0.3) is 0 Å². The Balaban J connectivity index is 2.20. The third kappa shape index (κ3) is 2.03. The Morgan fingerprint density at radius 3 is 2.67 bits per heavy atom. The molecule has 0 N–H and O–H groups in total. The van der Waals surface area contributed by atoms with Crippen LogP contribution in [0, 0.1) is 16.7 Å². The number of benzene rings is 1. The molecule has 1 aromatic carbocycles. The Bertz CT molecular complexity index is 388. The zero-order chi connectivity index (χ0) is 10.7. The highest BCUT2D eigenvalue weighted by Crippen LogP contribution is 2.44. The van der Waals surface area contributed by atoms with Gasteiger partial charge in [-0.25, -0.2) is 0 Å². The maximum Gasteiger partial charge on any atom is 0.0693 e. The fourth-order valence-corrected chi connectivity index (χ4v) is 2.76. The monoisotopic (exact) mass is 217 g/mol. The molecule has 0 bridgehead atoms. The van der Waals surface area contributed by atoms with E-state index in [1.807, 2.05) is 0 Å². The largest absolute Gasteiger partial charge is 0.198 e. The summed E-state index contributed by atoms with van der Waals surface area (Å²) in [6, 6.07) is 10.9. The van der Waals surface area contributed by atoms with E-state index >= 15 is 0 Å². The molecule has 15 heavy (non-hydrogen) atoms. The molecule has 0 spiro atoms. The van der Waals surface area contributed by atoms with E-state index in [4.69, 9.17) is 0 Å². The van der Waals surface area contributed by atoms with Crippen LogP contribution in [-0.4, -0.2) is 6.26 Å². The van der Waals surface area contributed by atoms with Crippen LogP contribution in [0.4, 0.5) is 0 Å². The number of hydrogen-bond donors (Lipinski definition) is 0. The number of rotatable bonds is 3. The van der Waals surface area contributed by atoms with Crippen molar-refractivity contribution in [1.82, 2.24) is 0 Å². The predicted octanol–water partition coefficient (Wildman–Crippen LogP) is 3.64. The quantitative estimate of drug-likeness (QED) is 0.722. The second kappa shape index (κ2) is 4.28. The smallest absolute Gasteiger partial charge is 0.0693 e. The van der Waals surface area contributed by atoms with Gasteiger partial charge in [-0.15, -0.1) is 11.8 Å².